The Kier molecular flexibility index (Phi) is 7.92. The van der Waals surface area contributed by atoms with Gasteiger partial charge in [-0.2, -0.15) is 0 Å². The van der Waals surface area contributed by atoms with Crippen molar-refractivity contribution in [2.24, 2.45) is 5.92 Å². The largest absolute Gasteiger partial charge is 0.352 e. The second-order valence-electron chi connectivity index (χ2n) is 9.29. The summed E-state index contributed by atoms with van der Waals surface area (Å²) in [5.74, 6) is -1.02. The maximum atomic E-state index is 13.4. The van der Waals surface area contributed by atoms with Crippen LogP contribution in [-0.2, 0) is 22.7 Å². The number of hydrogen-bond donors (Lipinski definition) is 1. The van der Waals surface area contributed by atoms with Gasteiger partial charge < -0.3 is 10.2 Å². The van der Waals surface area contributed by atoms with Crippen LogP contribution in [0.3, 0.4) is 0 Å². The van der Waals surface area contributed by atoms with Gasteiger partial charge in [0.05, 0.1) is 10.8 Å². The molecule has 1 aliphatic heterocycles. The molecule has 0 aromatic heterocycles. The number of urea groups is 1. The Balaban J connectivity index is 1.37. The third kappa shape index (κ3) is 5.87. The number of amides is 4. The van der Waals surface area contributed by atoms with Crippen molar-refractivity contribution in [2.45, 2.75) is 57.7 Å². The highest BCUT2D eigenvalue weighted by molar-refractivity contribution is 5.98. The molecule has 1 heterocycles. The molecule has 1 saturated carbocycles. The lowest BCUT2D eigenvalue weighted by atomic mass is 9.81. The molecule has 9 nitrogen and oxygen atoms in total. The zero-order valence-electron chi connectivity index (χ0n) is 19.9. The quantitative estimate of drug-likeness (QED) is 0.414. The molecule has 2 aromatic rings. The van der Waals surface area contributed by atoms with Gasteiger partial charge >= 0.3 is 6.03 Å². The van der Waals surface area contributed by atoms with Crippen LogP contribution in [0.5, 0.6) is 0 Å². The van der Waals surface area contributed by atoms with E-state index in [1.54, 1.807) is 29.2 Å². The number of carbonyl (C=O) groups is 3. The highest BCUT2D eigenvalue weighted by atomic mass is 19.1. The van der Waals surface area contributed by atoms with Crippen molar-refractivity contribution in [2.75, 3.05) is 6.54 Å². The Labute approximate surface area is 208 Å². The number of fused-ring (bicyclic) bond motifs is 1. The number of non-ortho nitro benzene ring substituents is 1. The molecule has 4 rings (SSSR count). The molecule has 1 aliphatic carbocycles. The van der Waals surface area contributed by atoms with Gasteiger partial charge in [0, 0.05) is 44.2 Å². The fourth-order valence-electron chi connectivity index (χ4n) is 4.96. The predicted octanol–water partition coefficient (Wildman–Crippen LogP) is 4.15. The normalized spacial score (nSPS) is 19.7. The highest BCUT2D eigenvalue weighted by Gasteiger charge is 2.46. The zero-order valence-corrected chi connectivity index (χ0v) is 19.9. The monoisotopic (exact) mass is 496 g/mol. The van der Waals surface area contributed by atoms with Gasteiger partial charge in [-0.1, -0.05) is 37.1 Å². The summed E-state index contributed by atoms with van der Waals surface area (Å²) in [5.41, 5.74) is 1.51. The van der Waals surface area contributed by atoms with E-state index in [4.69, 9.17) is 0 Å². The van der Waals surface area contributed by atoms with E-state index in [1.807, 2.05) is 0 Å². The maximum absolute atomic E-state index is 13.4. The Bertz CT molecular complexity index is 1120. The van der Waals surface area contributed by atoms with Gasteiger partial charge in [0.25, 0.3) is 5.69 Å². The second kappa shape index (κ2) is 11.3. The first kappa shape index (κ1) is 25.3. The summed E-state index contributed by atoms with van der Waals surface area (Å²) in [5, 5.41) is 13.7. The van der Waals surface area contributed by atoms with Crippen LogP contribution < -0.4 is 5.32 Å². The fraction of sp³-hybridized carbons (Fsp3) is 0.423. The van der Waals surface area contributed by atoms with Crippen molar-refractivity contribution < 1.29 is 23.7 Å². The molecule has 0 bridgehead atoms. The molecular weight excluding hydrogens is 467 g/mol. The molecule has 1 saturated heterocycles. The van der Waals surface area contributed by atoms with Crippen molar-refractivity contribution in [3.63, 3.8) is 0 Å². The van der Waals surface area contributed by atoms with Gasteiger partial charge in [0.1, 0.15) is 5.82 Å². The molecule has 2 unspecified atom stereocenters. The topological polar surface area (TPSA) is 113 Å². The van der Waals surface area contributed by atoms with E-state index >= 15 is 0 Å². The van der Waals surface area contributed by atoms with Crippen LogP contribution in [0.15, 0.2) is 48.5 Å². The number of rotatable bonds is 9. The molecule has 2 aliphatic rings. The lowest BCUT2D eigenvalue weighted by Gasteiger charge is -2.47. The van der Waals surface area contributed by atoms with Crippen molar-refractivity contribution in [3.8, 4) is 0 Å². The van der Waals surface area contributed by atoms with Gasteiger partial charge in [-0.25, -0.2) is 9.18 Å². The number of imide groups is 1. The summed E-state index contributed by atoms with van der Waals surface area (Å²) in [7, 11) is 0. The zero-order chi connectivity index (χ0) is 25.7. The van der Waals surface area contributed by atoms with Crippen LogP contribution in [0.4, 0.5) is 14.9 Å². The number of nitrogens with zero attached hydrogens (tertiary/aromatic N) is 3. The van der Waals surface area contributed by atoms with E-state index in [0.29, 0.717) is 12.8 Å². The predicted molar refractivity (Wildman–Crippen MR) is 129 cm³/mol. The van der Waals surface area contributed by atoms with Gasteiger partial charge in [-0.05, 0) is 42.5 Å². The van der Waals surface area contributed by atoms with Gasteiger partial charge in [-0.15, -0.1) is 0 Å². The summed E-state index contributed by atoms with van der Waals surface area (Å²) in [6.45, 7) is 0.676. The summed E-state index contributed by atoms with van der Waals surface area (Å²) in [6, 6.07) is 11.4. The minimum atomic E-state index is -0.469. The highest BCUT2D eigenvalue weighted by Crippen LogP contribution is 2.35. The third-order valence-electron chi connectivity index (χ3n) is 6.88. The van der Waals surface area contributed by atoms with Crippen molar-refractivity contribution in [1.82, 2.24) is 15.1 Å². The van der Waals surface area contributed by atoms with E-state index < -0.39 is 4.92 Å². The standard InChI is InChI=1S/C26H29FN4O5/c27-20-11-7-18(8-12-20)16-28-24(32)6-3-15-29-25(33)22-4-1-2-5-23(22)30(26(29)34)17-19-9-13-21(14-10-19)31(35)36/h7-14,22-23H,1-6,15-17H2,(H,28,32). The number of halogens is 1. The van der Waals surface area contributed by atoms with Crippen molar-refractivity contribution in [1.29, 1.82) is 0 Å². The minimum Gasteiger partial charge on any atom is -0.352 e. The summed E-state index contributed by atoms with van der Waals surface area (Å²) < 4.78 is 13.0. The van der Waals surface area contributed by atoms with E-state index in [-0.39, 0.29) is 67.4 Å². The van der Waals surface area contributed by atoms with Crippen LogP contribution >= 0.6 is 0 Å². The SMILES string of the molecule is O=C(CCCN1C(=O)C2CCCCC2N(Cc2ccc([N+](=O)[O-])cc2)C1=O)NCc1ccc(F)cc1. The maximum Gasteiger partial charge on any atom is 0.327 e. The molecule has 0 spiro atoms. The Hall–Kier alpha value is -3.82. The fourth-order valence-corrected chi connectivity index (χ4v) is 4.96. The molecule has 2 fully saturated rings. The number of nitrogens with one attached hydrogen (secondary N) is 1. The third-order valence-corrected chi connectivity index (χ3v) is 6.88. The molecule has 190 valence electrons. The Morgan fingerprint density at radius 1 is 1.03 bits per heavy atom. The molecule has 36 heavy (non-hydrogen) atoms. The second-order valence-corrected chi connectivity index (χ2v) is 9.29. The number of nitro benzene ring substituents is 1. The minimum absolute atomic E-state index is 0.0197. The Morgan fingerprint density at radius 3 is 2.39 bits per heavy atom. The lowest BCUT2D eigenvalue weighted by Crippen LogP contribution is -2.62. The molecule has 10 heteroatoms. The first-order valence-corrected chi connectivity index (χ1v) is 12.2. The number of hydrogen-bond acceptors (Lipinski definition) is 5. The lowest BCUT2D eigenvalue weighted by molar-refractivity contribution is -0.384. The van der Waals surface area contributed by atoms with Crippen molar-refractivity contribution >= 4 is 23.5 Å². The van der Waals surface area contributed by atoms with Crippen LogP contribution in [0.2, 0.25) is 0 Å². The van der Waals surface area contributed by atoms with Crippen molar-refractivity contribution in [3.05, 3.63) is 75.6 Å². The number of benzene rings is 2. The molecule has 0 radical (unpaired) electrons. The molecule has 4 amide bonds. The van der Waals surface area contributed by atoms with E-state index in [0.717, 1.165) is 30.4 Å². The number of nitro groups is 1. The van der Waals surface area contributed by atoms with Crippen LogP contribution in [0, 0.1) is 21.8 Å². The van der Waals surface area contributed by atoms with Crippen LogP contribution in [0.25, 0.3) is 0 Å². The van der Waals surface area contributed by atoms with Gasteiger partial charge in [0.15, 0.2) is 0 Å². The van der Waals surface area contributed by atoms with Gasteiger partial charge in [0.2, 0.25) is 11.8 Å². The van der Waals surface area contributed by atoms with Gasteiger partial charge in [-0.3, -0.25) is 24.6 Å². The smallest absolute Gasteiger partial charge is 0.327 e. The van der Waals surface area contributed by atoms with Crippen LogP contribution in [-0.4, -0.2) is 45.2 Å². The molecule has 2 atom stereocenters. The number of carbonyl (C=O) groups excluding carboxylic acids is 3. The average Bonchev–Trinajstić information content (AvgIpc) is 2.88. The van der Waals surface area contributed by atoms with Crippen LogP contribution in [0.1, 0.15) is 49.7 Å². The van der Waals surface area contributed by atoms with E-state index in [9.17, 15) is 28.9 Å². The molecule has 1 N–H and O–H groups in total. The first-order chi connectivity index (χ1) is 17.3. The summed E-state index contributed by atoms with van der Waals surface area (Å²) >= 11 is 0. The summed E-state index contributed by atoms with van der Waals surface area (Å²) in [6.07, 6.45) is 3.79. The molecular formula is C26H29FN4O5. The first-order valence-electron chi connectivity index (χ1n) is 12.2. The summed E-state index contributed by atoms with van der Waals surface area (Å²) in [4.78, 5) is 52.3. The van der Waals surface area contributed by atoms with E-state index in [2.05, 4.69) is 5.32 Å². The molecule has 2 aromatic carbocycles. The van der Waals surface area contributed by atoms with E-state index in [1.165, 1.54) is 29.2 Å². The average molecular weight is 497 g/mol. The Morgan fingerprint density at radius 2 is 1.69 bits per heavy atom.